The van der Waals surface area contributed by atoms with Crippen LogP contribution in [-0.2, 0) is 13.1 Å². The van der Waals surface area contributed by atoms with Crippen molar-refractivity contribution in [3.8, 4) is 0 Å². The Kier molecular flexibility index (Phi) is 5.13. The highest BCUT2D eigenvalue weighted by Gasteiger charge is 2.13. The molecule has 0 atom stereocenters. The van der Waals surface area contributed by atoms with Gasteiger partial charge in [-0.3, -0.25) is 0 Å². The predicted octanol–water partition coefficient (Wildman–Crippen LogP) is 3.27. The molecule has 3 heteroatoms. The van der Waals surface area contributed by atoms with Crippen LogP contribution in [0.25, 0.3) is 0 Å². The summed E-state index contributed by atoms with van der Waals surface area (Å²) in [5.41, 5.74) is 9.57. The van der Waals surface area contributed by atoms with Gasteiger partial charge in [0.15, 0.2) is 0 Å². The third-order valence-electron chi connectivity index (χ3n) is 3.48. The first-order valence-corrected chi connectivity index (χ1v) is 7.19. The molecular weight excluding hydrogens is 246 g/mol. The number of hydrogen-bond acceptors (Lipinski definition) is 3. The second kappa shape index (κ2) is 7.06. The minimum atomic E-state index is 0.532. The van der Waals surface area contributed by atoms with E-state index in [0.29, 0.717) is 6.54 Å². The molecule has 0 fully saturated rings. The lowest BCUT2D eigenvalue weighted by atomic mass is 10.1. The third-order valence-corrected chi connectivity index (χ3v) is 3.48. The summed E-state index contributed by atoms with van der Waals surface area (Å²) >= 11 is 0. The summed E-state index contributed by atoms with van der Waals surface area (Å²) in [6.45, 7) is 6.68. The van der Waals surface area contributed by atoms with Crippen LogP contribution in [0.15, 0.2) is 42.6 Å². The van der Waals surface area contributed by atoms with E-state index in [-0.39, 0.29) is 0 Å². The zero-order valence-electron chi connectivity index (χ0n) is 12.3. The first-order chi connectivity index (χ1) is 9.76. The van der Waals surface area contributed by atoms with Gasteiger partial charge in [0, 0.05) is 31.4 Å². The van der Waals surface area contributed by atoms with Gasteiger partial charge in [0.2, 0.25) is 0 Å². The molecule has 0 saturated carbocycles. The molecule has 2 rings (SSSR count). The molecule has 0 aliphatic carbocycles. The highest BCUT2D eigenvalue weighted by atomic mass is 15.2. The van der Waals surface area contributed by atoms with Crippen LogP contribution in [0.2, 0.25) is 0 Å². The van der Waals surface area contributed by atoms with Crippen molar-refractivity contribution in [1.29, 1.82) is 0 Å². The predicted molar refractivity (Wildman–Crippen MR) is 84.6 cm³/mol. The summed E-state index contributed by atoms with van der Waals surface area (Å²) in [5.74, 6) is 1.03. The molecule has 1 aromatic heterocycles. The molecule has 3 nitrogen and oxygen atoms in total. The lowest BCUT2D eigenvalue weighted by Crippen LogP contribution is -2.26. The topological polar surface area (TPSA) is 42.2 Å². The third kappa shape index (κ3) is 3.36. The second-order valence-electron chi connectivity index (χ2n) is 5.04. The van der Waals surface area contributed by atoms with Crippen molar-refractivity contribution in [2.75, 3.05) is 11.4 Å². The lowest BCUT2D eigenvalue weighted by molar-refractivity contribution is 0.746. The van der Waals surface area contributed by atoms with Gasteiger partial charge in [-0.1, -0.05) is 37.3 Å². The maximum absolute atomic E-state index is 5.91. The highest BCUT2D eigenvalue weighted by molar-refractivity contribution is 5.50. The zero-order valence-corrected chi connectivity index (χ0v) is 12.3. The molecule has 2 aromatic rings. The van der Waals surface area contributed by atoms with Crippen molar-refractivity contribution in [2.24, 2.45) is 5.73 Å². The van der Waals surface area contributed by atoms with Crippen LogP contribution in [0.3, 0.4) is 0 Å². The molecule has 106 valence electrons. The van der Waals surface area contributed by atoms with E-state index in [9.17, 15) is 0 Å². The summed E-state index contributed by atoms with van der Waals surface area (Å²) in [6, 6.07) is 12.5. The van der Waals surface area contributed by atoms with Crippen LogP contribution >= 0.6 is 0 Å². The van der Waals surface area contributed by atoms with E-state index in [0.717, 1.165) is 30.9 Å². The van der Waals surface area contributed by atoms with Gasteiger partial charge < -0.3 is 10.6 Å². The van der Waals surface area contributed by atoms with E-state index < -0.39 is 0 Å². The van der Waals surface area contributed by atoms with E-state index in [1.54, 1.807) is 0 Å². The number of rotatable bonds is 6. The number of nitrogens with two attached hydrogens (primary N) is 1. The van der Waals surface area contributed by atoms with Crippen molar-refractivity contribution in [2.45, 2.75) is 33.4 Å². The molecule has 0 saturated heterocycles. The molecule has 1 heterocycles. The van der Waals surface area contributed by atoms with Crippen LogP contribution in [-0.4, -0.2) is 11.5 Å². The Labute approximate surface area is 121 Å². The number of hydrogen-bond donors (Lipinski definition) is 1. The summed E-state index contributed by atoms with van der Waals surface area (Å²) in [4.78, 5) is 6.90. The fourth-order valence-corrected chi connectivity index (χ4v) is 2.43. The first kappa shape index (κ1) is 14.5. The molecule has 0 aliphatic heterocycles. The van der Waals surface area contributed by atoms with Gasteiger partial charge in [-0.15, -0.1) is 0 Å². The largest absolute Gasteiger partial charge is 0.352 e. The van der Waals surface area contributed by atoms with Crippen molar-refractivity contribution in [3.63, 3.8) is 0 Å². The second-order valence-corrected chi connectivity index (χ2v) is 5.04. The van der Waals surface area contributed by atoms with Gasteiger partial charge in [-0.05, 0) is 30.5 Å². The number of nitrogens with zero attached hydrogens (tertiary/aromatic N) is 2. The molecule has 20 heavy (non-hydrogen) atoms. The Morgan fingerprint density at radius 2 is 1.90 bits per heavy atom. The first-order valence-electron chi connectivity index (χ1n) is 7.19. The van der Waals surface area contributed by atoms with Gasteiger partial charge in [0.25, 0.3) is 0 Å². The molecule has 0 aliphatic rings. The number of benzene rings is 1. The molecule has 0 spiro atoms. The Hall–Kier alpha value is -1.87. The Morgan fingerprint density at radius 3 is 2.55 bits per heavy atom. The highest BCUT2D eigenvalue weighted by Crippen LogP contribution is 2.22. The van der Waals surface area contributed by atoms with E-state index in [1.165, 1.54) is 11.1 Å². The Balaban J connectivity index is 2.31. The van der Waals surface area contributed by atoms with Gasteiger partial charge in [-0.2, -0.15) is 0 Å². The number of pyridine rings is 1. The van der Waals surface area contributed by atoms with Crippen molar-refractivity contribution >= 4 is 5.82 Å². The van der Waals surface area contributed by atoms with Crippen molar-refractivity contribution in [1.82, 2.24) is 4.98 Å². The van der Waals surface area contributed by atoms with Crippen LogP contribution in [0, 0.1) is 6.92 Å². The smallest absolute Gasteiger partial charge is 0.133 e. The molecule has 2 N–H and O–H groups in total. The molecule has 0 radical (unpaired) electrons. The van der Waals surface area contributed by atoms with Crippen molar-refractivity contribution < 1.29 is 0 Å². The standard InChI is InChI=1S/C17H23N3/c1-3-11-20(13-15-7-5-4-6-8-15)17-16(12-18)14(2)9-10-19-17/h4-10H,3,11-13,18H2,1-2H3. The normalized spacial score (nSPS) is 10.6. The van der Waals surface area contributed by atoms with E-state index in [2.05, 4.69) is 48.0 Å². The van der Waals surface area contributed by atoms with Crippen LogP contribution in [0.1, 0.15) is 30.0 Å². The van der Waals surface area contributed by atoms with E-state index >= 15 is 0 Å². The molecule has 0 bridgehead atoms. The summed E-state index contributed by atoms with van der Waals surface area (Å²) in [7, 11) is 0. The molecular formula is C17H23N3. The van der Waals surface area contributed by atoms with E-state index in [4.69, 9.17) is 5.73 Å². The van der Waals surface area contributed by atoms with Gasteiger partial charge in [0.1, 0.15) is 5.82 Å². The number of aromatic nitrogens is 1. The van der Waals surface area contributed by atoms with Gasteiger partial charge in [0.05, 0.1) is 0 Å². The Bertz CT molecular complexity index is 537. The number of anilines is 1. The average molecular weight is 269 g/mol. The minimum absolute atomic E-state index is 0.532. The molecule has 1 aromatic carbocycles. The van der Waals surface area contributed by atoms with Crippen LogP contribution in [0.5, 0.6) is 0 Å². The average Bonchev–Trinajstić information content (AvgIpc) is 2.47. The summed E-state index contributed by atoms with van der Waals surface area (Å²) in [5, 5.41) is 0. The van der Waals surface area contributed by atoms with Gasteiger partial charge >= 0.3 is 0 Å². The zero-order chi connectivity index (χ0) is 14.4. The Morgan fingerprint density at radius 1 is 1.15 bits per heavy atom. The fourth-order valence-electron chi connectivity index (χ4n) is 2.43. The quantitative estimate of drug-likeness (QED) is 0.875. The fraction of sp³-hybridized carbons (Fsp3) is 0.353. The monoisotopic (exact) mass is 269 g/mol. The SMILES string of the molecule is CCCN(Cc1ccccc1)c1nccc(C)c1CN. The maximum Gasteiger partial charge on any atom is 0.133 e. The summed E-state index contributed by atoms with van der Waals surface area (Å²) < 4.78 is 0. The van der Waals surface area contributed by atoms with Gasteiger partial charge in [-0.25, -0.2) is 4.98 Å². The number of aryl methyl sites for hydroxylation is 1. The lowest BCUT2D eigenvalue weighted by Gasteiger charge is -2.26. The van der Waals surface area contributed by atoms with Crippen LogP contribution < -0.4 is 10.6 Å². The minimum Gasteiger partial charge on any atom is -0.352 e. The van der Waals surface area contributed by atoms with Crippen molar-refractivity contribution in [3.05, 3.63) is 59.3 Å². The summed E-state index contributed by atoms with van der Waals surface area (Å²) in [6.07, 6.45) is 2.96. The van der Waals surface area contributed by atoms with E-state index in [1.807, 2.05) is 18.3 Å². The molecule has 0 unspecified atom stereocenters. The maximum atomic E-state index is 5.91. The van der Waals surface area contributed by atoms with Crippen LogP contribution in [0.4, 0.5) is 5.82 Å². The molecule has 0 amide bonds.